The van der Waals surface area contributed by atoms with Gasteiger partial charge in [0.2, 0.25) is 0 Å². The second-order valence-corrected chi connectivity index (χ2v) is 7.00. The molecule has 0 aromatic carbocycles. The van der Waals surface area contributed by atoms with Gasteiger partial charge in [-0.3, -0.25) is 4.79 Å². The van der Waals surface area contributed by atoms with Crippen LogP contribution < -0.4 is 16.0 Å². The number of nitrogens with zero attached hydrogens (tertiary/aromatic N) is 5. The number of hydrogen-bond acceptors (Lipinski definition) is 7. The number of imidazole rings is 2. The van der Waals surface area contributed by atoms with Gasteiger partial charge >= 0.3 is 0 Å². The fourth-order valence-electron chi connectivity index (χ4n) is 3.48. The van der Waals surface area contributed by atoms with Crippen LogP contribution in [0.2, 0.25) is 0 Å². The van der Waals surface area contributed by atoms with E-state index in [2.05, 4.69) is 31.0 Å². The van der Waals surface area contributed by atoms with E-state index in [0.29, 0.717) is 30.4 Å². The Balaban J connectivity index is 1.69. The molecule has 0 radical (unpaired) electrons. The lowest BCUT2D eigenvalue weighted by Crippen LogP contribution is -2.36. The molecule has 0 aliphatic carbocycles. The van der Waals surface area contributed by atoms with Gasteiger partial charge in [-0.15, -0.1) is 5.10 Å². The van der Waals surface area contributed by atoms with Crippen LogP contribution in [0.15, 0.2) is 36.9 Å². The molecule has 4 bridgehead atoms. The standard InChI is InChI=1S/C19H20N8O2/c1-11-9-29-10-12-5-13(8-26-4-3-21-17(12)26)24-16-6-14(20-2)18-22-7-15(19(28)23-11)27(18)25-16/h3-8,11,20H,9-10H2,1-2H3,(H,23,28)(H,24,25)/t11-/m1/s1. The molecule has 4 aromatic heterocycles. The molecule has 29 heavy (non-hydrogen) atoms. The van der Waals surface area contributed by atoms with Gasteiger partial charge < -0.3 is 25.1 Å². The Hall–Kier alpha value is -3.66. The molecule has 3 N–H and O–H groups in total. The van der Waals surface area contributed by atoms with Gasteiger partial charge in [0.25, 0.3) is 5.91 Å². The topological polar surface area (TPSA) is 110 Å². The first-order valence-corrected chi connectivity index (χ1v) is 9.30. The average Bonchev–Trinajstić information content (AvgIpc) is 3.33. The Morgan fingerprint density at radius 3 is 3.03 bits per heavy atom. The van der Waals surface area contributed by atoms with Crippen LogP contribution in [-0.4, -0.2) is 49.6 Å². The van der Waals surface area contributed by atoms with Gasteiger partial charge in [0.1, 0.15) is 5.65 Å². The van der Waals surface area contributed by atoms with Gasteiger partial charge in [-0.2, -0.15) is 0 Å². The van der Waals surface area contributed by atoms with E-state index >= 15 is 0 Å². The van der Waals surface area contributed by atoms with E-state index < -0.39 is 0 Å². The number of fused-ring (bicyclic) bond motifs is 5. The molecule has 0 saturated heterocycles. The van der Waals surface area contributed by atoms with E-state index in [1.54, 1.807) is 17.8 Å². The van der Waals surface area contributed by atoms with Gasteiger partial charge in [-0.05, 0) is 13.0 Å². The zero-order valence-corrected chi connectivity index (χ0v) is 16.0. The van der Waals surface area contributed by atoms with Crippen LogP contribution in [0.25, 0.3) is 11.3 Å². The van der Waals surface area contributed by atoms with Crippen molar-refractivity contribution in [1.29, 1.82) is 0 Å². The first-order chi connectivity index (χ1) is 14.1. The van der Waals surface area contributed by atoms with E-state index in [1.807, 2.05) is 35.9 Å². The Morgan fingerprint density at radius 2 is 2.17 bits per heavy atom. The Bertz CT molecular complexity index is 1230. The van der Waals surface area contributed by atoms with Crippen molar-refractivity contribution in [2.45, 2.75) is 19.6 Å². The van der Waals surface area contributed by atoms with Crippen molar-refractivity contribution in [2.24, 2.45) is 0 Å². The molecule has 5 heterocycles. The minimum Gasteiger partial charge on any atom is -0.385 e. The SMILES string of the molecule is CNc1cc2nn3c(cnc13)C(=O)N[C@H](C)COCc1cc(cn3ccnc13)N2. The molecule has 0 unspecified atom stereocenters. The predicted octanol–water partition coefficient (Wildman–Crippen LogP) is 1.81. The van der Waals surface area contributed by atoms with Crippen LogP contribution >= 0.6 is 0 Å². The fourth-order valence-corrected chi connectivity index (χ4v) is 3.48. The molecule has 1 amide bonds. The number of hydrogen-bond donors (Lipinski definition) is 3. The summed E-state index contributed by atoms with van der Waals surface area (Å²) in [5.41, 5.74) is 4.29. The summed E-state index contributed by atoms with van der Waals surface area (Å²) in [6, 6.07) is 3.67. The van der Waals surface area contributed by atoms with E-state index in [4.69, 9.17) is 4.74 Å². The molecular weight excluding hydrogens is 372 g/mol. The third-order valence-electron chi connectivity index (χ3n) is 4.81. The minimum absolute atomic E-state index is 0.181. The summed E-state index contributed by atoms with van der Waals surface area (Å²) in [7, 11) is 1.81. The Labute approximate surface area is 165 Å². The van der Waals surface area contributed by atoms with Crippen LogP contribution in [0.5, 0.6) is 0 Å². The number of pyridine rings is 1. The van der Waals surface area contributed by atoms with Gasteiger partial charge in [-0.25, -0.2) is 14.5 Å². The number of ether oxygens (including phenoxy) is 1. The number of amides is 1. The summed E-state index contributed by atoms with van der Waals surface area (Å²) >= 11 is 0. The quantitative estimate of drug-likeness (QED) is 0.453. The van der Waals surface area contributed by atoms with E-state index in [0.717, 1.165) is 22.6 Å². The van der Waals surface area contributed by atoms with Gasteiger partial charge in [0, 0.05) is 43.3 Å². The van der Waals surface area contributed by atoms with Crippen LogP contribution in [-0.2, 0) is 11.3 Å². The summed E-state index contributed by atoms with van der Waals surface area (Å²) in [5, 5.41) is 14.0. The highest BCUT2D eigenvalue weighted by atomic mass is 16.5. The zero-order valence-electron chi connectivity index (χ0n) is 16.0. The first kappa shape index (κ1) is 17.4. The predicted molar refractivity (Wildman–Crippen MR) is 108 cm³/mol. The third kappa shape index (κ3) is 3.03. The number of nitrogens with one attached hydrogen (secondary N) is 3. The van der Waals surface area contributed by atoms with Crippen molar-refractivity contribution >= 4 is 34.4 Å². The van der Waals surface area contributed by atoms with E-state index in [-0.39, 0.29) is 11.9 Å². The molecule has 0 saturated carbocycles. The third-order valence-corrected chi connectivity index (χ3v) is 4.81. The maximum Gasteiger partial charge on any atom is 0.271 e. The molecule has 0 fully saturated rings. The maximum atomic E-state index is 12.8. The molecule has 10 heteroatoms. The minimum atomic E-state index is -0.258. The summed E-state index contributed by atoms with van der Waals surface area (Å²) in [6.45, 7) is 2.64. The van der Waals surface area contributed by atoms with Crippen molar-refractivity contribution in [2.75, 3.05) is 24.3 Å². The monoisotopic (exact) mass is 392 g/mol. The Morgan fingerprint density at radius 1 is 1.28 bits per heavy atom. The van der Waals surface area contributed by atoms with Crippen LogP contribution in [0, 0.1) is 0 Å². The molecule has 10 nitrogen and oxygen atoms in total. The Kier molecular flexibility index (Phi) is 4.06. The smallest absolute Gasteiger partial charge is 0.271 e. The number of carbonyl (C=O) groups excluding carboxylic acids is 1. The van der Waals surface area contributed by atoms with E-state index in [1.165, 1.54) is 6.20 Å². The lowest BCUT2D eigenvalue weighted by molar-refractivity contribution is 0.0816. The van der Waals surface area contributed by atoms with Crippen molar-refractivity contribution in [3.63, 3.8) is 0 Å². The number of rotatable bonds is 1. The van der Waals surface area contributed by atoms with Crippen molar-refractivity contribution in [3.05, 3.63) is 48.2 Å². The summed E-state index contributed by atoms with van der Waals surface area (Å²) in [4.78, 5) is 21.5. The highest BCUT2D eigenvalue weighted by Gasteiger charge is 2.19. The van der Waals surface area contributed by atoms with Crippen LogP contribution in [0.1, 0.15) is 23.0 Å². The van der Waals surface area contributed by atoms with Gasteiger partial charge in [0.05, 0.1) is 30.8 Å². The lowest BCUT2D eigenvalue weighted by atomic mass is 10.2. The molecule has 0 spiro atoms. The summed E-state index contributed by atoms with van der Waals surface area (Å²) in [5.74, 6) is 0.317. The van der Waals surface area contributed by atoms with Crippen LogP contribution in [0.3, 0.4) is 0 Å². The van der Waals surface area contributed by atoms with Crippen molar-refractivity contribution in [3.8, 4) is 0 Å². The number of anilines is 3. The number of carbonyl (C=O) groups is 1. The lowest BCUT2D eigenvalue weighted by Gasteiger charge is -2.16. The molecular formula is C19H20N8O2. The average molecular weight is 392 g/mol. The first-order valence-electron chi connectivity index (χ1n) is 9.30. The van der Waals surface area contributed by atoms with Crippen LogP contribution in [0.4, 0.5) is 17.2 Å². The highest BCUT2D eigenvalue weighted by Crippen LogP contribution is 2.24. The number of aromatic nitrogens is 5. The second-order valence-electron chi connectivity index (χ2n) is 7.00. The van der Waals surface area contributed by atoms with Gasteiger partial charge in [-0.1, -0.05) is 0 Å². The molecule has 1 atom stereocenters. The van der Waals surface area contributed by atoms with Crippen molar-refractivity contribution < 1.29 is 9.53 Å². The van der Waals surface area contributed by atoms with Crippen molar-refractivity contribution in [1.82, 2.24) is 29.3 Å². The zero-order chi connectivity index (χ0) is 20.0. The normalized spacial score (nSPS) is 17.2. The van der Waals surface area contributed by atoms with E-state index in [9.17, 15) is 4.79 Å². The second kappa shape index (κ2) is 6.74. The van der Waals surface area contributed by atoms with Gasteiger partial charge in [0.15, 0.2) is 17.2 Å². The summed E-state index contributed by atoms with van der Waals surface area (Å²) in [6.07, 6.45) is 7.10. The molecule has 1 aliphatic heterocycles. The molecule has 5 rings (SSSR count). The summed E-state index contributed by atoms with van der Waals surface area (Å²) < 4.78 is 9.34. The highest BCUT2D eigenvalue weighted by molar-refractivity contribution is 5.94. The molecule has 148 valence electrons. The maximum absolute atomic E-state index is 12.8. The molecule has 4 aromatic rings. The molecule has 1 aliphatic rings. The largest absolute Gasteiger partial charge is 0.385 e. The fraction of sp³-hybridized carbons (Fsp3) is 0.263.